The van der Waals surface area contributed by atoms with Gasteiger partial charge in [-0.25, -0.2) is 0 Å². The zero-order valence-electron chi connectivity index (χ0n) is 11.0. The molecular formula is C14H17N3O3. The highest BCUT2D eigenvalue weighted by molar-refractivity contribution is 5.75. The van der Waals surface area contributed by atoms with Crippen molar-refractivity contribution >= 4 is 5.91 Å². The summed E-state index contributed by atoms with van der Waals surface area (Å²) in [6, 6.07) is 8.47. The molecule has 0 radical (unpaired) electrons. The number of nitrogens with zero attached hydrogens (tertiary/aromatic N) is 2. The summed E-state index contributed by atoms with van der Waals surface area (Å²) in [5.74, 6) is -0.180. The van der Waals surface area contributed by atoms with Gasteiger partial charge in [0.15, 0.2) is 0 Å². The van der Waals surface area contributed by atoms with E-state index in [1.165, 1.54) is 10.6 Å². The molecule has 0 saturated heterocycles. The Morgan fingerprint density at radius 3 is 2.60 bits per heavy atom. The molecule has 0 saturated carbocycles. The SMILES string of the molecule is O=C(Cn1cccc1)NCC(O)Cn1ccccc1=O. The minimum absolute atomic E-state index is 0.113. The van der Waals surface area contributed by atoms with Gasteiger partial charge in [-0.2, -0.15) is 0 Å². The Bertz CT molecular complexity index is 604. The van der Waals surface area contributed by atoms with Crippen molar-refractivity contribution in [2.45, 2.75) is 19.2 Å². The Balaban J connectivity index is 1.78. The number of carbonyl (C=O) groups is 1. The van der Waals surface area contributed by atoms with E-state index >= 15 is 0 Å². The Labute approximate surface area is 116 Å². The molecule has 6 nitrogen and oxygen atoms in total. The number of rotatable bonds is 6. The summed E-state index contributed by atoms with van der Waals surface area (Å²) in [7, 11) is 0. The molecule has 0 aliphatic carbocycles. The van der Waals surface area contributed by atoms with Gasteiger partial charge in [-0.3, -0.25) is 9.59 Å². The standard InChI is InChI=1S/C14H17N3O3/c18-12(10-17-8-2-1-5-14(17)20)9-15-13(19)11-16-6-3-4-7-16/h1-8,12,18H,9-11H2,(H,15,19). The van der Waals surface area contributed by atoms with E-state index in [-0.39, 0.29) is 31.1 Å². The molecule has 0 aliphatic heterocycles. The van der Waals surface area contributed by atoms with Gasteiger partial charge in [0.25, 0.3) is 5.56 Å². The average molecular weight is 275 g/mol. The first-order valence-corrected chi connectivity index (χ1v) is 6.36. The lowest BCUT2D eigenvalue weighted by atomic mass is 10.3. The van der Waals surface area contributed by atoms with E-state index in [1.807, 2.05) is 12.1 Å². The van der Waals surface area contributed by atoms with Gasteiger partial charge in [0.1, 0.15) is 6.54 Å². The van der Waals surface area contributed by atoms with Crippen LogP contribution < -0.4 is 10.9 Å². The van der Waals surface area contributed by atoms with Crippen molar-refractivity contribution in [2.24, 2.45) is 0 Å². The predicted molar refractivity (Wildman–Crippen MR) is 74.2 cm³/mol. The second kappa shape index (κ2) is 6.72. The van der Waals surface area contributed by atoms with Gasteiger partial charge in [0.05, 0.1) is 12.6 Å². The van der Waals surface area contributed by atoms with E-state index in [0.717, 1.165) is 0 Å². The fourth-order valence-electron chi connectivity index (χ4n) is 1.83. The van der Waals surface area contributed by atoms with Crippen molar-refractivity contribution in [2.75, 3.05) is 6.54 Å². The minimum Gasteiger partial charge on any atom is -0.389 e. The molecule has 1 atom stereocenters. The predicted octanol–water partition coefficient (Wildman–Crippen LogP) is -0.173. The molecule has 2 rings (SSSR count). The Hall–Kier alpha value is -2.34. The zero-order chi connectivity index (χ0) is 14.4. The molecule has 0 spiro atoms. The molecule has 20 heavy (non-hydrogen) atoms. The summed E-state index contributed by atoms with van der Waals surface area (Å²) in [5, 5.41) is 12.5. The molecule has 1 unspecified atom stereocenters. The molecule has 0 fully saturated rings. The van der Waals surface area contributed by atoms with Crippen LogP contribution >= 0.6 is 0 Å². The number of nitrogens with one attached hydrogen (secondary N) is 1. The van der Waals surface area contributed by atoms with Crippen LogP contribution in [-0.4, -0.2) is 32.8 Å². The van der Waals surface area contributed by atoms with Crippen LogP contribution in [0.15, 0.2) is 53.7 Å². The van der Waals surface area contributed by atoms with Crippen LogP contribution in [0, 0.1) is 0 Å². The first-order valence-electron chi connectivity index (χ1n) is 6.36. The van der Waals surface area contributed by atoms with Crippen LogP contribution in [0.1, 0.15) is 0 Å². The summed E-state index contributed by atoms with van der Waals surface area (Å²) < 4.78 is 3.15. The largest absolute Gasteiger partial charge is 0.389 e. The number of aromatic nitrogens is 2. The average Bonchev–Trinajstić information content (AvgIpc) is 2.92. The maximum absolute atomic E-state index is 11.6. The highest BCUT2D eigenvalue weighted by Crippen LogP contribution is 1.91. The van der Waals surface area contributed by atoms with E-state index in [9.17, 15) is 14.7 Å². The summed E-state index contributed by atoms with van der Waals surface area (Å²) >= 11 is 0. The van der Waals surface area contributed by atoms with Gasteiger partial charge in [0, 0.05) is 31.2 Å². The highest BCUT2D eigenvalue weighted by Gasteiger charge is 2.08. The van der Waals surface area contributed by atoms with Crippen LogP contribution in [0.5, 0.6) is 0 Å². The summed E-state index contributed by atoms with van der Waals surface area (Å²) in [4.78, 5) is 23.1. The number of aliphatic hydroxyl groups is 1. The topological polar surface area (TPSA) is 76.3 Å². The van der Waals surface area contributed by atoms with E-state index in [0.29, 0.717) is 0 Å². The number of hydrogen-bond donors (Lipinski definition) is 2. The van der Waals surface area contributed by atoms with Gasteiger partial charge in [-0.05, 0) is 18.2 Å². The van der Waals surface area contributed by atoms with Gasteiger partial charge < -0.3 is 19.6 Å². The van der Waals surface area contributed by atoms with Crippen LogP contribution in [0.4, 0.5) is 0 Å². The molecule has 2 aromatic heterocycles. The van der Waals surface area contributed by atoms with Crippen molar-refractivity contribution < 1.29 is 9.90 Å². The smallest absolute Gasteiger partial charge is 0.250 e. The molecule has 6 heteroatoms. The Kier molecular flexibility index (Phi) is 4.73. The Morgan fingerprint density at radius 2 is 1.90 bits per heavy atom. The molecule has 2 N–H and O–H groups in total. The lowest BCUT2D eigenvalue weighted by Crippen LogP contribution is -2.37. The third-order valence-corrected chi connectivity index (χ3v) is 2.83. The van der Waals surface area contributed by atoms with Crippen molar-refractivity contribution in [3.05, 3.63) is 59.3 Å². The molecule has 0 aromatic carbocycles. The molecule has 106 valence electrons. The normalized spacial score (nSPS) is 12.1. The van der Waals surface area contributed by atoms with Crippen LogP contribution in [-0.2, 0) is 17.9 Å². The Morgan fingerprint density at radius 1 is 1.20 bits per heavy atom. The lowest BCUT2D eigenvalue weighted by molar-refractivity contribution is -0.122. The summed E-state index contributed by atoms with van der Waals surface area (Å²) in [6.45, 7) is 0.482. The molecule has 0 bridgehead atoms. The van der Waals surface area contributed by atoms with E-state index in [2.05, 4.69) is 5.32 Å². The molecule has 1 amide bonds. The third-order valence-electron chi connectivity index (χ3n) is 2.83. The number of carbonyl (C=O) groups excluding carboxylic acids is 1. The third kappa shape index (κ3) is 4.10. The van der Waals surface area contributed by atoms with Crippen molar-refractivity contribution in [1.29, 1.82) is 0 Å². The van der Waals surface area contributed by atoms with Crippen LogP contribution in [0.2, 0.25) is 0 Å². The first-order chi connectivity index (χ1) is 9.65. The van der Waals surface area contributed by atoms with Crippen LogP contribution in [0.25, 0.3) is 0 Å². The van der Waals surface area contributed by atoms with Crippen LogP contribution in [0.3, 0.4) is 0 Å². The number of pyridine rings is 1. The number of hydrogen-bond acceptors (Lipinski definition) is 3. The molecular weight excluding hydrogens is 258 g/mol. The van der Waals surface area contributed by atoms with Gasteiger partial charge in [-0.1, -0.05) is 6.07 Å². The first kappa shape index (κ1) is 14.1. The van der Waals surface area contributed by atoms with Crippen molar-refractivity contribution in [3.63, 3.8) is 0 Å². The van der Waals surface area contributed by atoms with Gasteiger partial charge >= 0.3 is 0 Å². The quantitative estimate of drug-likeness (QED) is 0.768. The molecule has 2 heterocycles. The summed E-state index contributed by atoms with van der Waals surface area (Å²) in [6.07, 6.45) is 4.38. The lowest BCUT2D eigenvalue weighted by Gasteiger charge is -2.13. The van der Waals surface area contributed by atoms with E-state index in [1.54, 1.807) is 35.3 Å². The van der Waals surface area contributed by atoms with Gasteiger partial charge in [-0.15, -0.1) is 0 Å². The molecule has 0 aliphatic rings. The second-order valence-electron chi connectivity index (χ2n) is 4.50. The maximum atomic E-state index is 11.6. The number of aliphatic hydroxyl groups excluding tert-OH is 1. The van der Waals surface area contributed by atoms with E-state index in [4.69, 9.17) is 0 Å². The highest BCUT2D eigenvalue weighted by atomic mass is 16.3. The monoisotopic (exact) mass is 275 g/mol. The van der Waals surface area contributed by atoms with Crippen molar-refractivity contribution in [1.82, 2.24) is 14.5 Å². The summed E-state index contributed by atoms with van der Waals surface area (Å²) in [5.41, 5.74) is -0.176. The fourth-order valence-corrected chi connectivity index (χ4v) is 1.83. The second-order valence-corrected chi connectivity index (χ2v) is 4.50. The fraction of sp³-hybridized carbons (Fsp3) is 0.286. The van der Waals surface area contributed by atoms with E-state index < -0.39 is 6.10 Å². The van der Waals surface area contributed by atoms with Crippen molar-refractivity contribution in [3.8, 4) is 0 Å². The zero-order valence-corrected chi connectivity index (χ0v) is 11.0. The minimum atomic E-state index is -0.802. The molecule has 2 aromatic rings. The van der Waals surface area contributed by atoms with Gasteiger partial charge in [0.2, 0.25) is 5.91 Å². The number of amides is 1. The maximum Gasteiger partial charge on any atom is 0.250 e.